The quantitative estimate of drug-likeness (QED) is 0.673. The highest BCUT2D eigenvalue weighted by atomic mass is 79.9. The molecule has 0 fully saturated rings. The maximum absolute atomic E-state index is 13.3. The number of hydrogen-bond donors (Lipinski definition) is 1. The standard InChI is InChI=1S/C13H7BrClFN2O2/c14-8-2-1-3-9(11(8)15)18-13(20)10-5-4-7(6-19)12(16)17-10/h1-6H,(H,18,20). The number of aldehydes is 1. The van der Waals surface area contributed by atoms with Crippen LogP contribution in [0.5, 0.6) is 0 Å². The highest BCUT2D eigenvalue weighted by Gasteiger charge is 2.13. The summed E-state index contributed by atoms with van der Waals surface area (Å²) in [5.74, 6) is -1.62. The summed E-state index contributed by atoms with van der Waals surface area (Å²) in [6.45, 7) is 0. The Morgan fingerprint density at radius 3 is 2.75 bits per heavy atom. The monoisotopic (exact) mass is 356 g/mol. The molecule has 2 aromatic rings. The Balaban J connectivity index is 2.26. The van der Waals surface area contributed by atoms with Gasteiger partial charge in [0.1, 0.15) is 5.69 Å². The summed E-state index contributed by atoms with van der Waals surface area (Å²) in [5.41, 5.74) is 0.0129. The third kappa shape index (κ3) is 3.02. The van der Waals surface area contributed by atoms with Crippen LogP contribution < -0.4 is 5.32 Å². The first kappa shape index (κ1) is 14.6. The lowest BCUT2D eigenvalue weighted by Gasteiger charge is -2.08. The Morgan fingerprint density at radius 2 is 2.10 bits per heavy atom. The van der Waals surface area contributed by atoms with Crippen molar-refractivity contribution in [2.45, 2.75) is 0 Å². The van der Waals surface area contributed by atoms with Crippen LogP contribution in [-0.2, 0) is 0 Å². The van der Waals surface area contributed by atoms with Gasteiger partial charge in [0, 0.05) is 4.47 Å². The smallest absolute Gasteiger partial charge is 0.274 e. The van der Waals surface area contributed by atoms with E-state index in [0.717, 1.165) is 0 Å². The first-order valence-corrected chi connectivity index (χ1v) is 6.57. The Morgan fingerprint density at radius 1 is 1.35 bits per heavy atom. The summed E-state index contributed by atoms with van der Waals surface area (Å²) in [4.78, 5) is 25.8. The Labute approximate surface area is 127 Å². The van der Waals surface area contributed by atoms with E-state index in [1.54, 1.807) is 18.2 Å². The van der Waals surface area contributed by atoms with Crippen molar-refractivity contribution in [2.24, 2.45) is 0 Å². The van der Waals surface area contributed by atoms with Gasteiger partial charge in [-0.1, -0.05) is 17.7 Å². The van der Waals surface area contributed by atoms with Crippen molar-refractivity contribution in [3.8, 4) is 0 Å². The van der Waals surface area contributed by atoms with Crippen LogP contribution in [0.4, 0.5) is 10.1 Å². The predicted octanol–water partition coefficient (Wildman–Crippen LogP) is 3.70. The number of pyridine rings is 1. The van der Waals surface area contributed by atoms with Crippen molar-refractivity contribution in [1.82, 2.24) is 4.98 Å². The molecule has 7 heteroatoms. The van der Waals surface area contributed by atoms with E-state index < -0.39 is 11.9 Å². The second kappa shape index (κ2) is 6.11. The number of carbonyl (C=O) groups excluding carboxylic acids is 2. The Kier molecular flexibility index (Phi) is 4.46. The fraction of sp³-hybridized carbons (Fsp3) is 0. The van der Waals surface area contributed by atoms with E-state index in [1.807, 2.05) is 0 Å². The molecule has 0 aliphatic heterocycles. The molecule has 1 heterocycles. The fourth-order valence-electron chi connectivity index (χ4n) is 1.45. The van der Waals surface area contributed by atoms with Gasteiger partial charge in [-0.15, -0.1) is 0 Å². The highest BCUT2D eigenvalue weighted by Crippen LogP contribution is 2.30. The summed E-state index contributed by atoms with van der Waals surface area (Å²) in [6.07, 6.45) is 0.329. The van der Waals surface area contributed by atoms with Gasteiger partial charge >= 0.3 is 0 Å². The van der Waals surface area contributed by atoms with Crippen LogP contribution >= 0.6 is 27.5 Å². The number of halogens is 3. The molecule has 2 rings (SSSR count). The average Bonchev–Trinajstić information content (AvgIpc) is 2.43. The zero-order valence-electron chi connectivity index (χ0n) is 9.86. The number of nitrogens with zero attached hydrogens (tertiary/aromatic N) is 1. The van der Waals surface area contributed by atoms with Gasteiger partial charge in [-0.05, 0) is 40.2 Å². The number of carbonyl (C=O) groups is 2. The van der Waals surface area contributed by atoms with Gasteiger partial charge in [-0.3, -0.25) is 9.59 Å². The minimum atomic E-state index is -0.993. The van der Waals surface area contributed by atoms with Crippen LogP contribution in [0.3, 0.4) is 0 Å². The first-order chi connectivity index (χ1) is 9.52. The molecule has 1 aromatic carbocycles. The summed E-state index contributed by atoms with van der Waals surface area (Å²) < 4.78 is 14.0. The number of benzene rings is 1. The molecule has 0 atom stereocenters. The molecule has 0 radical (unpaired) electrons. The van der Waals surface area contributed by atoms with Crippen molar-refractivity contribution in [1.29, 1.82) is 0 Å². The molecule has 20 heavy (non-hydrogen) atoms. The number of rotatable bonds is 3. The summed E-state index contributed by atoms with van der Waals surface area (Å²) in [5, 5.41) is 2.84. The zero-order valence-corrected chi connectivity index (χ0v) is 12.2. The van der Waals surface area contributed by atoms with E-state index in [2.05, 4.69) is 26.2 Å². The van der Waals surface area contributed by atoms with Crippen molar-refractivity contribution in [3.63, 3.8) is 0 Å². The molecule has 0 aliphatic rings. The first-order valence-electron chi connectivity index (χ1n) is 5.40. The summed E-state index contributed by atoms with van der Waals surface area (Å²) >= 11 is 9.23. The minimum Gasteiger partial charge on any atom is -0.319 e. The highest BCUT2D eigenvalue weighted by molar-refractivity contribution is 9.10. The molecule has 0 saturated heterocycles. The molecule has 4 nitrogen and oxygen atoms in total. The van der Waals surface area contributed by atoms with Gasteiger partial charge in [0.2, 0.25) is 5.95 Å². The number of nitrogens with one attached hydrogen (secondary N) is 1. The van der Waals surface area contributed by atoms with E-state index >= 15 is 0 Å². The summed E-state index contributed by atoms with van der Waals surface area (Å²) in [7, 11) is 0. The SMILES string of the molecule is O=Cc1ccc(C(=O)Nc2cccc(Br)c2Cl)nc1F. The lowest BCUT2D eigenvalue weighted by Crippen LogP contribution is -2.15. The number of anilines is 1. The van der Waals surface area contributed by atoms with Crippen LogP contribution in [0, 0.1) is 5.95 Å². The van der Waals surface area contributed by atoms with Crippen molar-refractivity contribution >= 4 is 45.4 Å². The molecule has 0 aliphatic carbocycles. The van der Waals surface area contributed by atoms with E-state index in [-0.39, 0.29) is 11.3 Å². The fourth-order valence-corrected chi connectivity index (χ4v) is 1.99. The normalized spacial score (nSPS) is 10.2. The molecular formula is C13H7BrClFN2O2. The van der Waals surface area contributed by atoms with Crippen molar-refractivity contribution < 1.29 is 14.0 Å². The van der Waals surface area contributed by atoms with Crippen LogP contribution in [-0.4, -0.2) is 17.2 Å². The van der Waals surface area contributed by atoms with Crippen LogP contribution in [0.15, 0.2) is 34.8 Å². The van der Waals surface area contributed by atoms with Crippen LogP contribution in [0.25, 0.3) is 0 Å². The molecule has 1 amide bonds. The molecule has 102 valence electrons. The third-order valence-corrected chi connectivity index (χ3v) is 3.73. The zero-order chi connectivity index (χ0) is 14.7. The molecule has 0 bridgehead atoms. The molecule has 0 unspecified atom stereocenters. The Bertz CT molecular complexity index is 694. The van der Waals surface area contributed by atoms with Gasteiger partial charge in [-0.2, -0.15) is 4.39 Å². The average molecular weight is 358 g/mol. The van der Waals surface area contributed by atoms with E-state index in [9.17, 15) is 14.0 Å². The largest absolute Gasteiger partial charge is 0.319 e. The number of amides is 1. The number of aromatic nitrogens is 1. The molecule has 1 aromatic heterocycles. The van der Waals surface area contributed by atoms with Gasteiger partial charge in [0.15, 0.2) is 6.29 Å². The lowest BCUT2D eigenvalue weighted by atomic mass is 10.2. The van der Waals surface area contributed by atoms with Gasteiger partial charge in [0.25, 0.3) is 5.91 Å². The maximum Gasteiger partial charge on any atom is 0.274 e. The summed E-state index contributed by atoms with van der Waals surface area (Å²) in [6, 6.07) is 7.45. The number of hydrogen-bond acceptors (Lipinski definition) is 3. The molecule has 1 N–H and O–H groups in total. The van der Waals surface area contributed by atoms with Crippen molar-refractivity contribution in [3.05, 3.63) is 57.0 Å². The van der Waals surface area contributed by atoms with E-state index in [1.165, 1.54) is 12.1 Å². The topological polar surface area (TPSA) is 59.1 Å². The molecule has 0 spiro atoms. The van der Waals surface area contributed by atoms with Crippen molar-refractivity contribution in [2.75, 3.05) is 5.32 Å². The maximum atomic E-state index is 13.3. The Hall–Kier alpha value is -1.79. The molecule has 0 saturated carbocycles. The van der Waals surface area contributed by atoms with E-state index in [0.29, 0.717) is 21.5 Å². The van der Waals surface area contributed by atoms with Gasteiger partial charge < -0.3 is 5.32 Å². The minimum absolute atomic E-state index is 0.149. The lowest BCUT2D eigenvalue weighted by molar-refractivity contribution is 0.101. The van der Waals surface area contributed by atoms with Crippen LogP contribution in [0.2, 0.25) is 5.02 Å². The second-order valence-corrected chi connectivity index (χ2v) is 4.98. The second-order valence-electron chi connectivity index (χ2n) is 3.75. The molecular weight excluding hydrogens is 351 g/mol. The van der Waals surface area contributed by atoms with Crippen LogP contribution in [0.1, 0.15) is 20.8 Å². The predicted molar refractivity (Wildman–Crippen MR) is 76.7 cm³/mol. The third-order valence-electron chi connectivity index (χ3n) is 2.44. The van der Waals surface area contributed by atoms with E-state index in [4.69, 9.17) is 11.6 Å². The van der Waals surface area contributed by atoms with Gasteiger partial charge in [0.05, 0.1) is 16.3 Å². The van der Waals surface area contributed by atoms with Gasteiger partial charge in [-0.25, -0.2) is 4.98 Å².